The molecular formula is C18H18O4. The highest BCUT2D eigenvalue weighted by Crippen LogP contribution is 2.21. The Hall–Kier alpha value is -2.75. The van der Waals surface area contributed by atoms with E-state index in [1.54, 1.807) is 31.4 Å². The summed E-state index contributed by atoms with van der Waals surface area (Å²) in [6.07, 6.45) is 1.51. The average molecular weight is 298 g/mol. The van der Waals surface area contributed by atoms with Gasteiger partial charge in [0, 0.05) is 0 Å². The van der Waals surface area contributed by atoms with Crippen LogP contribution in [0.5, 0.6) is 11.5 Å². The number of aliphatic carboxylic acids is 1. The first-order valence-electron chi connectivity index (χ1n) is 6.84. The van der Waals surface area contributed by atoms with Gasteiger partial charge in [-0.2, -0.15) is 0 Å². The van der Waals surface area contributed by atoms with E-state index in [0.717, 1.165) is 16.7 Å². The Balaban J connectivity index is 2.26. The minimum absolute atomic E-state index is 0.131. The van der Waals surface area contributed by atoms with Crippen molar-refractivity contribution in [2.45, 2.75) is 13.8 Å². The second-order valence-corrected chi connectivity index (χ2v) is 4.94. The van der Waals surface area contributed by atoms with Crippen LogP contribution < -0.4 is 9.47 Å². The molecule has 0 amide bonds. The molecule has 4 nitrogen and oxygen atoms in total. The van der Waals surface area contributed by atoms with Crippen molar-refractivity contribution in [2.24, 2.45) is 0 Å². The number of aryl methyl sites for hydroxylation is 2. The van der Waals surface area contributed by atoms with Crippen LogP contribution in [-0.2, 0) is 4.79 Å². The van der Waals surface area contributed by atoms with Gasteiger partial charge in [0.1, 0.15) is 11.5 Å². The molecule has 2 aromatic carbocycles. The van der Waals surface area contributed by atoms with Gasteiger partial charge in [0.15, 0.2) is 0 Å². The molecule has 0 heterocycles. The summed E-state index contributed by atoms with van der Waals surface area (Å²) in [6.45, 7) is 3.99. The van der Waals surface area contributed by atoms with Crippen LogP contribution in [0.1, 0.15) is 16.7 Å². The topological polar surface area (TPSA) is 55.8 Å². The van der Waals surface area contributed by atoms with E-state index in [-0.39, 0.29) is 5.76 Å². The number of benzene rings is 2. The number of hydrogen-bond acceptors (Lipinski definition) is 3. The summed E-state index contributed by atoms with van der Waals surface area (Å²) in [5.74, 6) is -0.122. The quantitative estimate of drug-likeness (QED) is 0.673. The zero-order chi connectivity index (χ0) is 16.1. The molecule has 0 atom stereocenters. The van der Waals surface area contributed by atoms with Gasteiger partial charge in [0.25, 0.3) is 0 Å². The molecule has 0 spiro atoms. The first kappa shape index (κ1) is 15.6. The van der Waals surface area contributed by atoms with Crippen molar-refractivity contribution in [3.63, 3.8) is 0 Å². The van der Waals surface area contributed by atoms with Crippen LogP contribution in [0.2, 0.25) is 0 Å². The van der Waals surface area contributed by atoms with Crippen molar-refractivity contribution in [3.8, 4) is 11.5 Å². The highest BCUT2D eigenvalue weighted by Gasteiger charge is 2.11. The van der Waals surface area contributed by atoms with Gasteiger partial charge in [0.2, 0.25) is 5.76 Å². The Bertz CT molecular complexity index is 700. The van der Waals surface area contributed by atoms with E-state index in [1.807, 2.05) is 32.0 Å². The molecule has 0 bridgehead atoms. The maximum atomic E-state index is 11.4. The number of ether oxygens (including phenoxy) is 2. The van der Waals surface area contributed by atoms with Gasteiger partial charge >= 0.3 is 5.97 Å². The van der Waals surface area contributed by atoms with Gasteiger partial charge in [-0.15, -0.1) is 0 Å². The summed E-state index contributed by atoms with van der Waals surface area (Å²) in [6, 6.07) is 12.5. The zero-order valence-corrected chi connectivity index (χ0v) is 12.8. The predicted molar refractivity (Wildman–Crippen MR) is 85.2 cm³/mol. The maximum absolute atomic E-state index is 11.4. The molecule has 4 heteroatoms. The second-order valence-electron chi connectivity index (χ2n) is 4.94. The molecule has 0 aliphatic heterocycles. The highest BCUT2D eigenvalue weighted by molar-refractivity contribution is 5.90. The van der Waals surface area contributed by atoms with Crippen molar-refractivity contribution in [1.82, 2.24) is 0 Å². The Kier molecular flexibility index (Phi) is 4.84. The molecule has 0 aliphatic carbocycles. The summed E-state index contributed by atoms with van der Waals surface area (Å²) < 4.78 is 10.5. The van der Waals surface area contributed by atoms with Gasteiger partial charge in [0.05, 0.1) is 7.11 Å². The standard InChI is InChI=1S/C18H18O4/c1-12-4-5-14(10-13(12)2)11-17(18(19)20)22-16-8-6-15(21-3)7-9-16/h4-11H,1-3H3,(H,19,20). The third kappa shape index (κ3) is 3.88. The number of carboxylic acids is 1. The van der Waals surface area contributed by atoms with E-state index in [0.29, 0.717) is 11.5 Å². The normalized spacial score (nSPS) is 11.1. The summed E-state index contributed by atoms with van der Waals surface area (Å²) in [5, 5.41) is 9.30. The molecular weight excluding hydrogens is 280 g/mol. The van der Waals surface area contributed by atoms with E-state index in [2.05, 4.69) is 0 Å². The zero-order valence-electron chi connectivity index (χ0n) is 12.8. The summed E-state index contributed by atoms with van der Waals surface area (Å²) in [7, 11) is 1.57. The SMILES string of the molecule is COc1ccc(OC(=Cc2ccc(C)c(C)c2)C(=O)O)cc1. The Morgan fingerprint density at radius 2 is 1.64 bits per heavy atom. The molecule has 22 heavy (non-hydrogen) atoms. The van der Waals surface area contributed by atoms with E-state index in [1.165, 1.54) is 6.08 Å². The lowest BCUT2D eigenvalue weighted by atomic mass is 10.1. The fourth-order valence-corrected chi connectivity index (χ4v) is 1.91. The van der Waals surface area contributed by atoms with E-state index < -0.39 is 5.97 Å². The summed E-state index contributed by atoms with van der Waals surface area (Å²) in [5.41, 5.74) is 3.04. The van der Waals surface area contributed by atoms with Gasteiger partial charge in [-0.1, -0.05) is 18.2 Å². The van der Waals surface area contributed by atoms with E-state index in [4.69, 9.17) is 9.47 Å². The van der Waals surface area contributed by atoms with Crippen molar-refractivity contribution in [1.29, 1.82) is 0 Å². The number of methoxy groups -OCH3 is 1. The van der Waals surface area contributed by atoms with Crippen molar-refractivity contribution in [2.75, 3.05) is 7.11 Å². The molecule has 0 aromatic heterocycles. The lowest BCUT2D eigenvalue weighted by molar-refractivity contribution is -0.134. The van der Waals surface area contributed by atoms with Crippen LogP contribution in [0.25, 0.3) is 6.08 Å². The van der Waals surface area contributed by atoms with Gasteiger partial charge in [-0.05, 0) is 60.9 Å². The molecule has 0 unspecified atom stereocenters. The molecule has 0 fully saturated rings. The van der Waals surface area contributed by atoms with Crippen LogP contribution >= 0.6 is 0 Å². The first-order chi connectivity index (χ1) is 10.5. The molecule has 2 aromatic rings. The first-order valence-corrected chi connectivity index (χ1v) is 6.84. The predicted octanol–water partition coefficient (Wildman–Crippen LogP) is 3.82. The van der Waals surface area contributed by atoms with Crippen molar-refractivity contribution in [3.05, 3.63) is 64.9 Å². The number of carbonyl (C=O) groups is 1. The third-order valence-corrected chi connectivity index (χ3v) is 3.33. The smallest absolute Gasteiger partial charge is 0.371 e. The van der Waals surface area contributed by atoms with Crippen LogP contribution in [0.3, 0.4) is 0 Å². The fraction of sp³-hybridized carbons (Fsp3) is 0.167. The number of rotatable bonds is 5. The molecule has 1 N–H and O–H groups in total. The Morgan fingerprint density at radius 3 is 2.18 bits per heavy atom. The number of hydrogen-bond donors (Lipinski definition) is 1. The highest BCUT2D eigenvalue weighted by atomic mass is 16.5. The van der Waals surface area contributed by atoms with Crippen LogP contribution in [0, 0.1) is 13.8 Å². The Morgan fingerprint density at radius 1 is 1.00 bits per heavy atom. The lowest BCUT2D eigenvalue weighted by Crippen LogP contribution is -2.07. The monoisotopic (exact) mass is 298 g/mol. The van der Waals surface area contributed by atoms with E-state index >= 15 is 0 Å². The average Bonchev–Trinajstić information content (AvgIpc) is 2.51. The minimum Gasteiger partial charge on any atom is -0.497 e. The van der Waals surface area contributed by atoms with Crippen LogP contribution in [0.4, 0.5) is 0 Å². The molecule has 2 rings (SSSR count). The fourth-order valence-electron chi connectivity index (χ4n) is 1.91. The van der Waals surface area contributed by atoms with Gasteiger partial charge in [-0.25, -0.2) is 4.79 Å². The summed E-state index contributed by atoms with van der Waals surface area (Å²) in [4.78, 5) is 11.4. The molecule has 0 aliphatic rings. The lowest BCUT2D eigenvalue weighted by Gasteiger charge is -2.08. The van der Waals surface area contributed by atoms with Crippen LogP contribution in [0.15, 0.2) is 48.2 Å². The third-order valence-electron chi connectivity index (χ3n) is 3.33. The second kappa shape index (κ2) is 6.80. The van der Waals surface area contributed by atoms with Gasteiger partial charge in [-0.3, -0.25) is 0 Å². The molecule has 114 valence electrons. The molecule has 0 radical (unpaired) electrons. The minimum atomic E-state index is -1.12. The van der Waals surface area contributed by atoms with Crippen molar-refractivity contribution >= 4 is 12.0 Å². The molecule has 0 saturated heterocycles. The summed E-state index contributed by atoms with van der Waals surface area (Å²) >= 11 is 0. The van der Waals surface area contributed by atoms with E-state index in [9.17, 15) is 9.90 Å². The Labute approximate surface area is 129 Å². The largest absolute Gasteiger partial charge is 0.497 e. The number of carboxylic acid groups (broad SMARTS) is 1. The molecule has 0 saturated carbocycles. The van der Waals surface area contributed by atoms with Crippen molar-refractivity contribution < 1.29 is 19.4 Å². The van der Waals surface area contributed by atoms with Gasteiger partial charge < -0.3 is 14.6 Å². The van der Waals surface area contributed by atoms with Crippen LogP contribution in [-0.4, -0.2) is 18.2 Å². The maximum Gasteiger partial charge on any atom is 0.371 e.